The molecule has 1 aliphatic heterocycles. The second-order valence-corrected chi connectivity index (χ2v) is 5.30. The van der Waals surface area contributed by atoms with E-state index >= 15 is 0 Å². The molecule has 0 N–H and O–H groups in total. The first-order chi connectivity index (χ1) is 9.83. The molecule has 1 fully saturated rings. The van der Waals surface area contributed by atoms with Gasteiger partial charge >= 0.3 is 0 Å². The molecule has 20 heavy (non-hydrogen) atoms. The van der Waals surface area contributed by atoms with Crippen LogP contribution in [0.1, 0.15) is 24.4 Å². The van der Waals surface area contributed by atoms with Gasteiger partial charge in [-0.2, -0.15) is 0 Å². The van der Waals surface area contributed by atoms with Crippen molar-refractivity contribution in [2.75, 3.05) is 13.1 Å². The number of hydrogen-bond donors (Lipinski definition) is 0. The van der Waals surface area contributed by atoms with Gasteiger partial charge in [0.25, 0.3) is 0 Å². The highest BCUT2D eigenvalue weighted by Gasteiger charge is 2.30. The van der Waals surface area contributed by atoms with Gasteiger partial charge < -0.3 is 9.47 Å². The van der Waals surface area contributed by atoms with Crippen molar-refractivity contribution >= 4 is 5.91 Å². The number of carbonyl (C=O) groups excluding carboxylic acids is 1. The summed E-state index contributed by atoms with van der Waals surface area (Å²) in [6.07, 6.45) is 8.11. The Labute approximate surface area is 119 Å². The minimum absolute atomic E-state index is 0.275. The van der Waals surface area contributed by atoms with Crippen LogP contribution in [-0.4, -0.2) is 33.4 Å². The Morgan fingerprint density at radius 2 is 2.05 bits per heavy atom. The van der Waals surface area contributed by atoms with E-state index in [1.165, 1.54) is 5.56 Å². The van der Waals surface area contributed by atoms with Gasteiger partial charge in [-0.1, -0.05) is 30.3 Å². The lowest BCUT2D eigenvalue weighted by atomic mass is 10.1. The molecular formula is C16H19N3O. The molecule has 1 aromatic heterocycles. The van der Waals surface area contributed by atoms with Crippen LogP contribution in [0.4, 0.5) is 0 Å². The number of aromatic nitrogens is 2. The standard InChI is InChI=1S/C16H19N3O/c20-16(8-4-7-14-5-2-1-3-6-14)19-11-15(12-19)18-10-9-17-13-18/h1-3,5-6,9-10,13,15H,4,7-8,11-12H2. The van der Waals surface area contributed by atoms with Crippen molar-refractivity contribution in [2.45, 2.75) is 25.3 Å². The molecule has 1 aliphatic rings. The van der Waals surface area contributed by atoms with E-state index in [4.69, 9.17) is 0 Å². The fraction of sp³-hybridized carbons (Fsp3) is 0.375. The van der Waals surface area contributed by atoms with Crippen LogP contribution in [0.15, 0.2) is 49.1 Å². The monoisotopic (exact) mass is 269 g/mol. The van der Waals surface area contributed by atoms with Gasteiger partial charge in [0.05, 0.1) is 12.4 Å². The van der Waals surface area contributed by atoms with Crippen LogP contribution in [0, 0.1) is 0 Å². The van der Waals surface area contributed by atoms with Gasteiger partial charge in [0, 0.05) is 31.9 Å². The highest BCUT2D eigenvalue weighted by molar-refractivity contribution is 5.77. The van der Waals surface area contributed by atoms with Gasteiger partial charge in [-0.05, 0) is 18.4 Å². The van der Waals surface area contributed by atoms with Crippen LogP contribution in [0.3, 0.4) is 0 Å². The second-order valence-electron chi connectivity index (χ2n) is 5.30. The fourth-order valence-corrected chi connectivity index (χ4v) is 2.58. The lowest BCUT2D eigenvalue weighted by molar-refractivity contribution is -0.137. The molecule has 1 amide bonds. The number of likely N-dealkylation sites (tertiary alicyclic amines) is 1. The number of aryl methyl sites for hydroxylation is 1. The molecule has 104 valence electrons. The van der Waals surface area contributed by atoms with Crippen molar-refractivity contribution in [1.82, 2.24) is 14.5 Å². The Kier molecular flexibility index (Phi) is 3.81. The number of hydrogen-bond acceptors (Lipinski definition) is 2. The van der Waals surface area contributed by atoms with Crippen LogP contribution >= 0.6 is 0 Å². The number of nitrogens with zero attached hydrogens (tertiary/aromatic N) is 3. The second kappa shape index (κ2) is 5.90. The highest BCUT2D eigenvalue weighted by atomic mass is 16.2. The summed E-state index contributed by atoms with van der Waals surface area (Å²) in [5, 5.41) is 0. The molecule has 0 saturated carbocycles. The van der Waals surface area contributed by atoms with E-state index in [-0.39, 0.29) is 5.91 Å². The van der Waals surface area contributed by atoms with E-state index in [9.17, 15) is 4.79 Å². The van der Waals surface area contributed by atoms with E-state index in [0.29, 0.717) is 12.5 Å². The summed E-state index contributed by atoms with van der Waals surface area (Å²) in [6, 6.07) is 10.7. The fourth-order valence-electron chi connectivity index (χ4n) is 2.58. The Balaban J connectivity index is 1.39. The highest BCUT2D eigenvalue weighted by Crippen LogP contribution is 2.21. The molecule has 0 bridgehead atoms. The number of rotatable bonds is 5. The molecule has 2 heterocycles. The summed E-state index contributed by atoms with van der Waals surface area (Å²) < 4.78 is 2.08. The lowest BCUT2D eigenvalue weighted by Gasteiger charge is -2.39. The Bertz CT molecular complexity index is 544. The Hall–Kier alpha value is -2.10. The maximum absolute atomic E-state index is 12.0. The van der Waals surface area contributed by atoms with Gasteiger partial charge in [0.1, 0.15) is 0 Å². The summed E-state index contributed by atoms with van der Waals surface area (Å²) in [7, 11) is 0. The molecule has 4 nitrogen and oxygen atoms in total. The third kappa shape index (κ3) is 2.90. The zero-order chi connectivity index (χ0) is 13.8. The predicted octanol–water partition coefficient (Wildman–Crippen LogP) is 2.29. The third-order valence-corrected chi connectivity index (χ3v) is 3.86. The molecule has 0 unspecified atom stereocenters. The third-order valence-electron chi connectivity index (χ3n) is 3.86. The predicted molar refractivity (Wildman–Crippen MR) is 77.2 cm³/mol. The van der Waals surface area contributed by atoms with Crippen molar-refractivity contribution in [3.8, 4) is 0 Å². The molecule has 0 atom stereocenters. The maximum Gasteiger partial charge on any atom is 0.222 e. The largest absolute Gasteiger partial charge is 0.338 e. The number of benzene rings is 1. The Morgan fingerprint density at radius 1 is 1.25 bits per heavy atom. The van der Waals surface area contributed by atoms with Gasteiger partial charge in [-0.3, -0.25) is 4.79 Å². The maximum atomic E-state index is 12.0. The smallest absolute Gasteiger partial charge is 0.222 e. The summed E-state index contributed by atoms with van der Waals surface area (Å²) in [6.45, 7) is 1.64. The molecule has 1 saturated heterocycles. The molecule has 0 aliphatic carbocycles. The molecule has 1 aromatic carbocycles. The summed E-state index contributed by atoms with van der Waals surface area (Å²) >= 11 is 0. The van der Waals surface area contributed by atoms with Crippen LogP contribution < -0.4 is 0 Å². The minimum atomic E-state index is 0.275. The molecule has 3 rings (SSSR count). The quantitative estimate of drug-likeness (QED) is 0.835. The van der Waals surface area contributed by atoms with E-state index in [1.54, 1.807) is 6.20 Å². The first kappa shape index (κ1) is 12.9. The molecule has 0 spiro atoms. The Morgan fingerprint density at radius 3 is 2.75 bits per heavy atom. The van der Waals surface area contributed by atoms with Gasteiger partial charge in [0.15, 0.2) is 0 Å². The van der Waals surface area contributed by atoms with Gasteiger partial charge in [0.2, 0.25) is 5.91 Å². The molecule has 0 radical (unpaired) electrons. The normalized spacial score (nSPS) is 15.1. The number of imidazole rings is 1. The van der Waals surface area contributed by atoms with E-state index in [1.807, 2.05) is 35.6 Å². The topological polar surface area (TPSA) is 38.1 Å². The molecule has 4 heteroatoms. The average molecular weight is 269 g/mol. The van der Waals surface area contributed by atoms with Crippen LogP contribution in [0.2, 0.25) is 0 Å². The number of amides is 1. The van der Waals surface area contributed by atoms with Gasteiger partial charge in [-0.15, -0.1) is 0 Å². The van der Waals surface area contributed by atoms with Crippen molar-refractivity contribution in [3.63, 3.8) is 0 Å². The lowest BCUT2D eigenvalue weighted by Crippen LogP contribution is -2.50. The average Bonchev–Trinajstić information content (AvgIpc) is 2.92. The van der Waals surface area contributed by atoms with Gasteiger partial charge in [-0.25, -0.2) is 4.98 Å². The number of carbonyl (C=O) groups is 1. The zero-order valence-electron chi connectivity index (χ0n) is 11.5. The summed E-state index contributed by atoms with van der Waals surface area (Å²) in [5.41, 5.74) is 1.31. The van der Waals surface area contributed by atoms with Crippen molar-refractivity contribution in [1.29, 1.82) is 0 Å². The van der Waals surface area contributed by atoms with Crippen molar-refractivity contribution in [3.05, 3.63) is 54.6 Å². The first-order valence-electron chi connectivity index (χ1n) is 7.12. The van der Waals surface area contributed by atoms with E-state index in [0.717, 1.165) is 25.9 Å². The SMILES string of the molecule is O=C(CCCc1ccccc1)N1CC(n2ccnc2)C1. The first-order valence-corrected chi connectivity index (χ1v) is 7.12. The zero-order valence-corrected chi connectivity index (χ0v) is 11.5. The summed E-state index contributed by atoms with van der Waals surface area (Å²) in [5.74, 6) is 0.275. The van der Waals surface area contributed by atoms with Crippen LogP contribution in [-0.2, 0) is 11.2 Å². The van der Waals surface area contributed by atoms with E-state index < -0.39 is 0 Å². The van der Waals surface area contributed by atoms with Crippen LogP contribution in [0.25, 0.3) is 0 Å². The molecule has 2 aromatic rings. The minimum Gasteiger partial charge on any atom is -0.338 e. The summed E-state index contributed by atoms with van der Waals surface area (Å²) in [4.78, 5) is 18.0. The van der Waals surface area contributed by atoms with E-state index in [2.05, 4.69) is 21.7 Å². The van der Waals surface area contributed by atoms with Crippen LogP contribution in [0.5, 0.6) is 0 Å². The molecular weight excluding hydrogens is 250 g/mol. The van der Waals surface area contributed by atoms with Crippen molar-refractivity contribution in [2.24, 2.45) is 0 Å². The van der Waals surface area contributed by atoms with Crippen molar-refractivity contribution < 1.29 is 4.79 Å².